The number of amides is 4. The van der Waals surface area contributed by atoms with Crippen LogP contribution in [-0.4, -0.2) is 78.4 Å². The van der Waals surface area contributed by atoms with Crippen molar-refractivity contribution in [2.75, 3.05) is 39.8 Å². The Hall–Kier alpha value is -2.57. The summed E-state index contributed by atoms with van der Waals surface area (Å²) in [7, 11) is 1.70. The zero-order valence-corrected chi connectivity index (χ0v) is 17.1. The second-order valence-corrected chi connectivity index (χ2v) is 8.79. The Morgan fingerprint density at radius 2 is 1.90 bits per heavy atom. The van der Waals surface area contributed by atoms with Crippen LogP contribution in [-0.2, 0) is 16.0 Å². The van der Waals surface area contributed by atoms with Gasteiger partial charge in [-0.05, 0) is 31.2 Å². The topological polar surface area (TPSA) is 73.0 Å². The first-order chi connectivity index (χ1) is 14.0. The number of likely N-dealkylation sites (tertiary alicyclic amines) is 2. The standard InChI is InChI=1S/C22H30N4O3/c1-24-15-18(23-21(24)29)20(28)25-12-9-22(10-13-25)14-19(27)26(16-22)11-5-8-17-6-3-2-4-7-17/h2-4,6-7,18H,5,8-16H2,1H3,(H,23,29)/t18-/m0/s1. The molecule has 0 aromatic heterocycles. The predicted molar refractivity (Wildman–Crippen MR) is 109 cm³/mol. The lowest BCUT2D eigenvalue weighted by atomic mass is 9.77. The van der Waals surface area contributed by atoms with Gasteiger partial charge in [-0.3, -0.25) is 9.59 Å². The number of urea groups is 1. The van der Waals surface area contributed by atoms with Crippen LogP contribution in [0.15, 0.2) is 30.3 Å². The average Bonchev–Trinajstić information content (AvgIpc) is 3.21. The minimum absolute atomic E-state index is 0.00147. The van der Waals surface area contributed by atoms with E-state index in [1.54, 1.807) is 7.05 Å². The third-order valence-electron chi connectivity index (χ3n) is 6.68. The summed E-state index contributed by atoms with van der Waals surface area (Å²) in [6.45, 7) is 3.37. The maximum Gasteiger partial charge on any atom is 0.317 e. The van der Waals surface area contributed by atoms with E-state index < -0.39 is 6.04 Å². The molecule has 0 bridgehead atoms. The molecule has 4 amide bonds. The molecule has 3 aliphatic heterocycles. The molecule has 7 nitrogen and oxygen atoms in total. The minimum atomic E-state index is -0.443. The summed E-state index contributed by atoms with van der Waals surface area (Å²) in [5, 5.41) is 2.75. The zero-order valence-electron chi connectivity index (χ0n) is 17.1. The molecular formula is C22H30N4O3. The van der Waals surface area contributed by atoms with Crippen LogP contribution in [0.2, 0.25) is 0 Å². The van der Waals surface area contributed by atoms with Crippen molar-refractivity contribution in [3.8, 4) is 0 Å². The highest BCUT2D eigenvalue weighted by molar-refractivity contribution is 5.90. The van der Waals surface area contributed by atoms with E-state index in [4.69, 9.17) is 0 Å². The van der Waals surface area contributed by atoms with Gasteiger partial charge in [0.05, 0.1) is 6.54 Å². The number of piperidine rings is 1. The van der Waals surface area contributed by atoms with E-state index in [1.165, 1.54) is 10.5 Å². The van der Waals surface area contributed by atoms with Crippen LogP contribution in [0.25, 0.3) is 0 Å². The molecule has 3 saturated heterocycles. The van der Waals surface area contributed by atoms with Crippen molar-refractivity contribution in [1.29, 1.82) is 0 Å². The van der Waals surface area contributed by atoms with Crippen molar-refractivity contribution >= 4 is 17.8 Å². The summed E-state index contributed by atoms with van der Waals surface area (Å²) in [5.74, 6) is 0.254. The van der Waals surface area contributed by atoms with E-state index in [0.717, 1.165) is 38.8 Å². The zero-order chi connectivity index (χ0) is 20.4. The Kier molecular flexibility index (Phi) is 5.48. The normalized spacial score (nSPS) is 23.8. The lowest BCUT2D eigenvalue weighted by molar-refractivity contribution is -0.135. The van der Waals surface area contributed by atoms with Gasteiger partial charge in [-0.2, -0.15) is 0 Å². The Morgan fingerprint density at radius 1 is 1.17 bits per heavy atom. The second kappa shape index (κ2) is 8.05. The molecule has 4 rings (SSSR count). The van der Waals surface area contributed by atoms with E-state index in [2.05, 4.69) is 29.6 Å². The molecule has 0 aliphatic carbocycles. The number of carbonyl (C=O) groups excluding carboxylic acids is 3. The van der Waals surface area contributed by atoms with Gasteiger partial charge in [-0.25, -0.2) is 4.79 Å². The van der Waals surface area contributed by atoms with Crippen molar-refractivity contribution in [3.63, 3.8) is 0 Å². The van der Waals surface area contributed by atoms with Crippen LogP contribution in [0, 0.1) is 5.41 Å². The third kappa shape index (κ3) is 4.23. The SMILES string of the molecule is CN1C[C@@H](C(=O)N2CCC3(CC2)CC(=O)N(CCCc2ccccc2)C3)NC1=O. The van der Waals surface area contributed by atoms with Gasteiger partial charge >= 0.3 is 6.03 Å². The van der Waals surface area contributed by atoms with Gasteiger partial charge in [0.25, 0.3) is 0 Å². The Labute approximate surface area is 172 Å². The molecule has 0 unspecified atom stereocenters. The van der Waals surface area contributed by atoms with Crippen molar-refractivity contribution in [2.24, 2.45) is 5.41 Å². The van der Waals surface area contributed by atoms with Crippen molar-refractivity contribution in [3.05, 3.63) is 35.9 Å². The highest BCUT2D eigenvalue weighted by Gasteiger charge is 2.46. The molecule has 3 aliphatic rings. The molecule has 0 saturated carbocycles. The fourth-order valence-corrected chi connectivity index (χ4v) is 4.86. The predicted octanol–water partition coefficient (Wildman–Crippen LogP) is 1.48. The first-order valence-electron chi connectivity index (χ1n) is 10.6. The summed E-state index contributed by atoms with van der Waals surface area (Å²) in [6.07, 6.45) is 4.28. The van der Waals surface area contributed by atoms with Crippen molar-refractivity contribution in [1.82, 2.24) is 20.0 Å². The molecule has 1 aromatic rings. The molecule has 1 aromatic carbocycles. The van der Waals surface area contributed by atoms with Gasteiger partial charge in [-0.1, -0.05) is 30.3 Å². The lowest BCUT2D eigenvalue weighted by Gasteiger charge is -2.39. The molecule has 0 radical (unpaired) electrons. The van der Waals surface area contributed by atoms with E-state index in [1.807, 2.05) is 15.9 Å². The first kappa shape index (κ1) is 19.7. The van der Waals surface area contributed by atoms with Crippen molar-refractivity contribution in [2.45, 2.75) is 38.1 Å². The number of carbonyl (C=O) groups is 3. The number of hydrogen-bond acceptors (Lipinski definition) is 3. The summed E-state index contributed by atoms with van der Waals surface area (Å²) in [6, 6.07) is 9.75. The van der Waals surface area contributed by atoms with Crippen LogP contribution in [0.3, 0.4) is 0 Å². The smallest absolute Gasteiger partial charge is 0.317 e. The molecule has 1 N–H and O–H groups in total. The van der Waals surface area contributed by atoms with E-state index in [-0.39, 0.29) is 23.3 Å². The Balaban J connectivity index is 1.26. The minimum Gasteiger partial charge on any atom is -0.342 e. The quantitative estimate of drug-likeness (QED) is 0.817. The highest BCUT2D eigenvalue weighted by Crippen LogP contribution is 2.41. The summed E-state index contributed by atoms with van der Waals surface area (Å²) >= 11 is 0. The summed E-state index contributed by atoms with van der Waals surface area (Å²) in [5.41, 5.74) is 1.32. The van der Waals surface area contributed by atoms with E-state index >= 15 is 0 Å². The maximum absolute atomic E-state index is 12.7. The molecule has 1 spiro atoms. The largest absolute Gasteiger partial charge is 0.342 e. The van der Waals surface area contributed by atoms with E-state index in [0.29, 0.717) is 26.1 Å². The molecule has 3 heterocycles. The molecule has 7 heteroatoms. The number of likely N-dealkylation sites (N-methyl/N-ethyl adjacent to an activating group) is 1. The van der Waals surface area contributed by atoms with Crippen molar-refractivity contribution < 1.29 is 14.4 Å². The Bertz CT molecular complexity index is 774. The second-order valence-electron chi connectivity index (χ2n) is 8.79. The summed E-state index contributed by atoms with van der Waals surface area (Å²) in [4.78, 5) is 42.3. The molecular weight excluding hydrogens is 368 g/mol. The van der Waals surface area contributed by atoms with Crippen LogP contribution < -0.4 is 5.32 Å². The highest BCUT2D eigenvalue weighted by atomic mass is 16.2. The average molecular weight is 399 g/mol. The first-order valence-corrected chi connectivity index (χ1v) is 10.6. The molecule has 156 valence electrons. The van der Waals surface area contributed by atoms with Crippen LogP contribution in [0.5, 0.6) is 0 Å². The van der Waals surface area contributed by atoms with Gasteiger partial charge in [0.15, 0.2) is 0 Å². The fraction of sp³-hybridized carbons (Fsp3) is 0.591. The Morgan fingerprint density at radius 3 is 2.55 bits per heavy atom. The monoisotopic (exact) mass is 398 g/mol. The van der Waals surface area contributed by atoms with Gasteiger partial charge in [0, 0.05) is 45.1 Å². The summed E-state index contributed by atoms with van der Waals surface area (Å²) < 4.78 is 0. The molecule has 1 atom stereocenters. The number of nitrogens with one attached hydrogen (secondary N) is 1. The van der Waals surface area contributed by atoms with Gasteiger partial charge in [0.2, 0.25) is 11.8 Å². The number of aryl methyl sites for hydroxylation is 1. The number of hydrogen-bond donors (Lipinski definition) is 1. The van der Waals surface area contributed by atoms with Gasteiger partial charge in [-0.15, -0.1) is 0 Å². The molecule has 3 fully saturated rings. The van der Waals surface area contributed by atoms with E-state index in [9.17, 15) is 14.4 Å². The van der Waals surface area contributed by atoms with Crippen LogP contribution in [0.4, 0.5) is 4.79 Å². The number of rotatable bonds is 5. The fourth-order valence-electron chi connectivity index (χ4n) is 4.86. The lowest BCUT2D eigenvalue weighted by Crippen LogP contribution is -2.50. The molecule has 29 heavy (non-hydrogen) atoms. The van der Waals surface area contributed by atoms with Gasteiger partial charge in [0.1, 0.15) is 6.04 Å². The number of benzene rings is 1. The van der Waals surface area contributed by atoms with Crippen LogP contribution >= 0.6 is 0 Å². The number of nitrogens with zero attached hydrogens (tertiary/aromatic N) is 3. The van der Waals surface area contributed by atoms with Crippen LogP contribution in [0.1, 0.15) is 31.2 Å². The third-order valence-corrected chi connectivity index (χ3v) is 6.68. The maximum atomic E-state index is 12.7. The van der Waals surface area contributed by atoms with Gasteiger partial charge < -0.3 is 20.0 Å².